The fourth-order valence-electron chi connectivity index (χ4n) is 3.06. The number of hydrogen-bond donors (Lipinski definition) is 2. The molecule has 2 heterocycles. The normalized spacial score (nSPS) is 33.0. The largest absolute Gasteiger partial charge is 0.388 e. The lowest BCUT2D eigenvalue weighted by molar-refractivity contribution is -0.343. The van der Waals surface area contributed by atoms with E-state index in [0.717, 1.165) is 5.56 Å². The van der Waals surface area contributed by atoms with Gasteiger partial charge in [-0.3, -0.25) is 4.79 Å². The van der Waals surface area contributed by atoms with Gasteiger partial charge in [-0.25, -0.2) is 0 Å². The molecule has 3 rings (SSSR count). The minimum atomic E-state index is -2.21. The molecule has 0 saturated carbocycles. The van der Waals surface area contributed by atoms with E-state index >= 15 is 0 Å². The van der Waals surface area contributed by atoms with Gasteiger partial charge in [-0.1, -0.05) is 71.2 Å². The highest BCUT2D eigenvalue weighted by atomic mass is 35.6. The van der Waals surface area contributed by atoms with Crippen LogP contribution in [0, 0.1) is 0 Å². The number of carbonyl (C=O) groups is 1. The van der Waals surface area contributed by atoms with Crippen LogP contribution in [-0.2, 0) is 23.7 Å². The Morgan fingerprint density at radius 3 is 2.68 bits per heavy atom. The van der Waals surface area contributed by atoms with Crippen LogP contribution in [0.25, 0.3) is 0 Å². The SMILES string of the molecule is C=CCO[C@H]1O[C@@H]2COC(c3ccccc3)O[C@H]2[C@@H](O)[C@H]1NC(=O)C(Cl)(Cl)Cl. The van der Waals surface area contributed by atoms with Gasteiger partial charge in [0.1, 0.15) is 24.4 Å². The molecule has 1 aromatic rings. The van der Waals surface area contributed by atoms with Crippen molar-refractivity contribution in [2.75, 3.05) is 13.2 Å². The highest BCUT2D eigenvalue weighted by Crippen LogP contribution is 2.35. The summed E-state index contributed by atoms with van der Waals surface area (Å²) in [5.41, 5.74) is 0.792. The number of ether oxygens (including phenoxy) is 4. The van der Waals surface area contributed by atoms with Crippen molar-refractivity contribution in [1.82, 2.24) is 5.32 Å². The third kappa shape index (κ3) is 4.98. The predicted octanol–water partition coefficient (Wildman–Crippen LogP) is 2.24. The zero-order valence-electron chi connectivity index (χ0n) is 14.7. The summed E-state index contributed by atoms with van der Waals surface area (Å²) >= 11 is 16.9. The van der Waals surface area contributed by atoms with E-state index in [4.69, 9.17) is 53.8 Å². The second-order valence-corrected chi connectivity index (χ2v) is 8.61. The maximum absolute atomic E-state index is 12.1. The van der Waals surface area contributed by atoms with Crippen molar-refractivity contribution in [3.8, 4) is 0 Å². The molecule has 0 radical (unpaired) electrons. The van der Waals surface area contributed by atoms with E-state index in [0.29, 0.717) is 0 Å². The van der Waals surface area contributed by atoms with E-state index in [-0.39, 0.29) is 13.2 Å². The number of amides is 1. The summed E-state index contributed by atoms with van der Waals surface area (Å²) in [5, 5.41) is 13.4. The van der Waals surface area contributed by atoms with Crippen molar-refractivity contribution in [3.05, 3.63) is 48.6 Å². The van der Waals surface area contributed by atoms with Gasteiger partial charge < -0.3 is 29.4 Å². The number of aliphatic hydroxyl groups is 1. The molecule has 2 fully saturated rings. The lowest BCUT2D eigenvalue weighted by atomic mass is 9.95. The van der Waals surface area contributed by atoms with Crippen LogP contribution >= 0.6 is 34.8 Å². The Balaban J connectivity index is 1.77. The molecule has 10 heteroatoms. The maximum atomic E-state index is 12.1. The van der Waals surface area contributed by atoms with Crippen LogP contribution in [0.1, 0.15) is 11.9 Å². The van der Waals surface area contributed by atoms with E-state index in [2.05, 4.69) is 11.9 Å². The van der Waals surface area contributed by atoms with Crippen molar-refractivity contribution in [1.29, 1.82) is 0 Å². The Bertz CT molecular complexity index is 686. The van der Waals surface area contributed by atoms with Crippen LogP contribution in [0.3, 0.4) is 0 Å². The molecule has 7 nitrogen and oxygen atoms in total. The minimum Gasteiger partial charge on any atom is -0.388 e. The molecular weight excluding hydrogens is 433 g/mol. The second-order valence-electron chi connectivity index (χ2n) is 6.33. The van der Waals surface area contributed by atoms with E-state index in [1.54, 1.807) is 0 Å². The Hall–Kier alpha value is -0.900. The Labute approximate surface area is 177 Å². The molecule has 0 spiro atoms. The third-order valence-corrected chi connectivity index (χ3v) is 4.89. The molecule has 1 unspecified atom stereocenters. The number of carbonyl (C=O) groups excluding carboxylic acids is 1. The summed E-state index contributed by atoms with van der Waals surface area (Å²) in [6.45, 7) is 3.87. The van der Waals surface area contributed by atoms with Gasteiger partial charge >= 0.3 is 0 Å². The van der Waals surface area contributed by atoms with Gasteiger partial charge in [0.05, 0.1) is 13.2 Å². The van der Waals surface area contributed by atoms with Gasteiger partial charge in [-0.15, -0.1) is 6.58 Å². The van der Waals surface area contributed by atoms with Gasteiger partial charge in [0.15, 0.2) is 12.6 Å². The Morgan fingerprint density at radius 2 is 2.04 bits per heavy atom. The standard InChI is InChI=1S/C18H20Cl3NO6/c1-2-8-25-16-12(22-17(24)18(19,20)21)13(23)14-11(27-16)9-26-15(28-14)10-6-4-3-5-7-10/h2-7,11-16,23H,1,8-9H2,(H,22,24)/t11-,12-,13+,14-,15?,16+/m1/s1. The molecule has 0 aliphatic carbocycles. The molecule has 154 valence electrons. The number of hydrogen-bond acceptors (Lipinski definition) is 6. The Kier molecular flexibility index (Phi) is 7.22. The third-order valence-electron chi connectivity index (χ3n) is 4.37. The van der Waals surface area contributed by atoms with E-state index < -0.39 is 46.6 Å². The number of rotatable bonds is 5. The first-order chi connectivity index (χ1) is 13.3. The summed E-state index contributed by atoms with van der Waals surface area (Å²) in [7, 11) is 0. The molecule has 1 aromatic carbocycles. The highest BCUT2D eigenvalue weighted by molar-refractivity contribution is 6.76. The van der Waals surface area contributed by atoms with E-state index in [1.807, 2.05) is 30.3 Å². The van der Waals surface area contributed by atoms with E-state index in [9.17, 15) is 9.90 Å². The summed E-state index contributed by atoms with van der Waals surface area (Å²) in [6.07, 6.45) is -2.77. The topological polar surface area (TPSA) is 86.2 Å². The van der Waals surface area contributed by atoms with Crippen molar-refractivity contribution < 1.29 is 28.8 Å². The van der Waals surface area contributed by atoms with Gasteiger partial charge in [-0.2, -0.15) is 0 Å². The lowest BCUT2D eigenvalue weighted by Gasteiger charge is -2.47. The lowest BCUT2D eigenvalue weighted by Crippen LogP contribution is -2.67. The summed E-state index contributed by atoms with van der Waals surface area (Å²) in [4.78, 5) is 12.1. The molecule has 0 aromatic heterocycles. The average molecular weight is 453 g/mol. The smallest absolute Gasteiger partial charge is 0.272 e. The number of nitrogens with one attached hydrogen (secondary N) is 1. The number of alkyl halides is 3. The van der Waals surface area contributed by atoms with Gasteiger partial charge in [0.25, 0.3) is 9.70 Å². The highest BCUT2D eigenvalue weighted by Gasteiger charge is 2.51. The van der Waals surface area contributed by atoms with Crippen LogP contribution in [0.2, 0.25) is 0 Å². The number of fused-ring (bicyclic) bond motifs is 1. The minimum absolute atomic E-state index is 0.128. The first kappa shape index (κ1) is 21.8. The first-order valence-corrected chi connectivity index (χ1v) is 9.70. The van der Waals surface area contributed by atoms with Crippen molar-refractivity contribution in [2.24, 2.45) is 0 Å². The van der Waals surface area contributed by atoms with Crippen molar-refractivity contribution in [3.63, 3.8) is 0 Å². The summed E-state index contributed by atoms with van der Waals surface area (Å²) < 4.78 is 20.8. The molecule has 6 atom stereocenters. The van der Waals surface area contributed by atoms with E-state index in [1.165, 1.54) is 6.08 Å². The van der Waals surface area contributed by atoms with Gasteiger partial charge in [0.2, 0.25) is 0 Å². The van der Waals surface area contributed by atoms with Crippen LogP contribution in [0.4, 0.5) is 0 Å². The molecule has 2 N–H and O–H groups in total. The summed E-state index contributed by atoms with van der Waals surface area (Å²) in [5.74, 6) is -0.914. The fourth-order valence-corrected chi connectivity index (χ4v) is 3.23. The number of benzene rings is 1. The maximum Gasteiger partial charge on any atom is 0.272 e. The average Bonchev–Trinajstić information content (AvgIpc) is 2.68. The zero-order valence-corrected chi connectivity index (χ0v) is 16.9. The molecule has 0 bridgehead atoms. The summed E-state index contributed by atoms with van der Waals surface area (Å²) in [6, 6.07) is 8.24. The number of aliphatic hydroxyl groups excluding tert-OH is 1. The van der Waals surface area contributed by atoms with Crippen molar-refractivity contribution in [2.45, 2.75) is 40.7 Å². The molecule has 2 aliphatic rings. The van der Waals surface area contributed by atoms with Crippen LogP contribution < -0.4 is 5.32 Å². The van der Waals surface area contributed by atoms with Crippen LogP contribution in [-0.4, -0.2) is 58.7 Å². The van der Waals surface area contributed by atoms with Crippen LogP contribution in [0.5, 0.6) is 0 Å². The van der Waals surface area contributed by atoms with Gasteiger partial charge in [0, 0.05) is 5.56 Å². The predicted molar refractivity (Wildman–Crippen MR) is 103 cm³/mol. The molecule has 1 amide bonds. The fraction of sp³-hybridized carbons (Fsp3) is 0.500. The monoisotopic (exact) mass is 451 g/mol. The zero-order chi connectivity index (χ0) is 20.3. The van der Waals surface area contributed by atoms with Crippen LogP contribution in [0.15, 0.2) is 43.0 Å². The quantitative estimate of drug-likeness (QED) is 0.526. The molecule has 28 heavy (non-hydrogen) atoms. The van der Waals surface area contributed by atoms with Gasteiger partial charge in [-0.05, 0) is 0 Å². The second kappa shape index (κ2) is 9.28. The van der Waals surface area contributed by atoms with Crippen molar-refractivity contribution >= 4 is 40.7 Å². The first-order valence-electron chi connectivity index (χ1n) is 8.57. The number of halogens is 3. The molecule has 2 saturated heterocycles. The Morgan fingerprint density at radius 1 is 1.32 bits per heavy atom. The molecule has 2 aliphatic heterocycles. The molecular formula is C18H20Cl3NO6.